The van der Waals surface area contributed by atoms with E-state index in [4.69, 9.17) is 4.74 Å². The van der Waals surface area contributed by atoms with Gasteiger partial charge in [0.2, 0.25) is 27.9 Å². The summed E-state index contributed by atoms with van der Waals surface area (Å²) in [4.78, 5) is 8.40. The van der Waals surface area contributed by atoms with Gasteiger partial charge in [0.1, 0.15) is 17.7 Å². The van der Waals surface area contributed by atoms with Crippen LogP contribution in [0, 0.1) is 11.3 Å². The topological polar surface area (TPSA) is 128 Å². The number of hydrogen-bond donors (Lipinski definition) is 2. The van der Waals surface area contributed by atoms with E-state index in [-0.39, 0.29) is 36.5 Å². The molecule has 1 saturated heterocycles. The smallest absolute Gasteiger partial charge is 0.243 e. The first-order valence-electron chi connectivity index (χ1n) is 9.21. The third-order valence-electron chi connectivity index (χ3n) is 5.29. The van der Waals surface area contributed by atoms with Gasteiger partial charge in [-0.1, -0.05) is 0 Å². The van der Waals surface area contributed by atoms with Crippen molar-refractivity contribution in [1.82, 2.24) is 14.3 Å². The van der Waals surface area contributed by atoms with Crippen LogP contribution in [0.3, 0.4) is 0 Å². The molecular weight excluding hydrogens is 389 g/mol. The van der Waals surface area contributed by atoms with Crippen LogP contribution in [-0.2, 0) is 10.0 Å². The summed E-state index contributed by atoms with van der Waals surface area (Å²) in [5.41, 5.74) is -0.794. The molecule has 1 aromatic heterocycles. The second-order valence-electron chi connectivity index (χ2n) is 7.42. The zero-order valence-electron chi connectivity index (χ0n) is 15.6. The second-order valence-corrected chi connectivity index (χ2v) is 9.32. The van der Waals surface area contributed by atoms with E-state index in [9.17, 15) is 23.2 Å². The third kappa shape index (κ3) is 4.51. The first-order valence-corrected chi connectivity index (χ1v) is 10.8. The number of rotatable bonds is 6. The van der Waals surface area contributed by atoms with Crippen molar-refractivity contribution in [2.24, 2.45) is 0 Å². The van der Waals surface area contributed by atoms with Crippen LogP contribution in [0.15, 0.2) is 6.20 Å². The maximum atomic E-state index is 12.6. The molecule has 0 radical (unpaired) electrons. The molecule has 154 valence electrons. The Morgan fingerprint density at radius 3 is 2.75 bits per heavy atom. The summed E-state index contributed by atoms with van der Waals surface area (Å²) in [6.07, 6.45) is 4.00. The lowest BCUT2D eigenvalue weighted by Gasteiger charge is -2.31. The molecule has 1 aromatic rings. The average Bonchev–Trinajstić information content (AvgIpc) is 3.00. The Balaban J connectivity index is 1.66. The van der Waals surface area contributed by atoms with Crippen LogP contribution in [0.4, 0.5) is 10.3 Å². The van der Waals surface area contributed by atoms with Gasteiger partial charge in [-0.3, -0.25) is 0 Å². The molecule has 1 aliphatic heterocycles. The largest absolute Gasteiger partial charge is 0.470 e. The van der Waals surface area contributed by atoms with Gasteiger partial charge < -0.3 is 15.2 Å². The van der Waals surface area contributed by atoms with Crippen LogP contribution in [0.1, 0.15) is 44.6 Å². The average molecular weight is 413 g/mol. The fourth-order valence-corrected chi connectivity index (χ4v) is 4.48. The first-order chi connectivity index (χ1) is 13.2. The highest BCUT2D eigenvalue weighted by atomic mass is 32.2. The van der Waals surface area contributed by atoms with E-state index in [1.807, 2.05) is 6.07 Å². The SMILES string of the molecule is C[C@]1(O)CCC[C@H]1Oc1nc(NC2CCN(S(=O)(=O)CF)CC2)ncc1C#N. The summed E-state index contributed by atoms with van der Waals surface area (Å²) in [5, 5.41) is 22.8. The number of ether oxygens (including phenoxy) is 1. The normalized spacial score (nSPS) is 26.7. The Kier molecular flexibility index (Phi) is 6.02. The molecule has 9 nitrogen and oxygen atoms in total. The van der Waals surface area contributed by atoms with Gasteiger partial charge in [0, 0.05) is 19.1 Å². The summed E-state index contributed by atoms with van der Waals surface area (Å²) < 4.78 is 42.8. The predicted molar refractivity (Wildman–Crippen MR) is 98.8 cm³/mol. The highest BCUT2D eigenvalue weighted by Crippen LogP contribution is 2.33. The van der Waals surface area contributed by atoms with Gasteiger partial charge in [0.25, 0.3) is 0 Å². The van der Waals surface area contributed by atoms with E-state index < -0.39 is 27.7 Å². The van der Waals surface area contributed by atoms with E-state index in [0.29, 0.717) is 25.7 Å². The minimum absolute atomic E-state index is 0.0820. The second kappa shape index (κ2) is 8.14. The van der Waals surface area contributed by atoms with Gasteiger partial charge in [0.15, 0.2) is 0 Å². The minimum Gasteiger partial charge on any atom is -0.470 e. The molecule has 0 unspecified atom stereocenters. The molecule has 28 heavy (non-hydrogen) atoms. The molecule has 0 amide bonds. The van der Waals surface area contributed by atoms with Crippen molar-refractivity contribution in [1.29, 1.82) is 5.26 Å². The molecule has 3 rings (SSSR count). The number of piperidine rings is 1. The highest BCUT2D eigenvalue weighted by Gasteiger charge is 2.39. The maximum Gasteiger partial charge on any atom is 0.243 e. The lowest BCUT2D eigenvalue weighted by atomic mass is 10.0. The zero-order valence-corrected chi connectivity index (χ0v) is 16.5. The lowest BCUT2D eigenvalue weighted by molar-refractivity contribution is -0.0271. The number of nitrogens with zero attached hydrogens (tertiary/aromatic N) is 4. The number of aliphatic hydroxyl groups is 1. The van der Waals surface area contributed by atoms with E-state index in [2.05, 4.69) is 15.3 Å². The Hall–Kier alpha value is -2.03. The monoisotopic (exact) mass is 413 g/mol. The van der Waals surface area contributed by atoms with E-state index >= 15 is 0 Å². The molecule has 1 saturated carbocycles. The van der Waals surface area contributed by atoms with Gasteiger partial charge in [-0.05, 0) is 39.0 Å². The number of halogens is 1. The van der Waals surface area contributed by atoms with Crippen molar-refractivity contribution in [3.05, 3.63) is 11.8 Å². The highest BCUT2D eigenvalue weighted by molar-refractivity contribution is 7.88. The molecule has 2 aliphatic rings. The molecule has 11 heteroatoms. The predicted octanol–water partition coefficient (Wildman–Crippen LogP) is 1.16. The van der Waals surface area contributed by atoms with E-state index in [0.717, 1.165) is 10.7 Å². The fourth-order valence-electron chi connectivity index (χ4n) is 3.57. The standard InChI is InChI=1S/C17H24FN5O4S/c1-17(24)6-2-3-14(17)27-15-12(9-19)10-20-16(22-15)21-13-4-7-23(8-5-13)28(25,26)11-18/h10,13-14,24H,2-8,11H2,1H3,(H,20,21,22)/t14-,17+/m1/s1. The van der Waals surface area contributed by atoms with Crippen LogP contribution < -0.4 is 10.1 Å². The Morgan fingerprint density at radius 1 is 1.46 bits per heavy atom. The van der Waals surface area contributed by atoms with Crippen molar-refractivity contribution in [2.45, 2.75) is 56.8 Å². The number of alkyl halides is 1. The van der Waals surface area contributed by atoms with E-state index in [1.54, 1.807) is 6.92 Å². The number of anilines is 1. The van der Waals surface area contributed by atoms with Crippen molar-refractivity contribution >= 4 is 16.0 Å². The van der Waals surface area contributed by atoms with Crippen LogP contribution in [-0.4, -0.2) is 64.6 Å². The first kappa shape index (κ1) is 20.7. The van der Waals surface area contributed by atoms with Gasteiger partial charge in [0.05, 0.1) is 11.8 Å². The summed E-state index contributed by atoms with van der Waals surface area (Å²) in [5.74, 6) is 0.378. The van der Waals surface area contributed by atoms with Crippen molar-refractivity contribution in [3.63, 3.8) is 0 Å². The summed E-state index contributed by atoms with van der Waals surface area (Å²) in [6, 6.07) is 0.513. The molecule has 2 heterocycles. The van der Waals surface area contributed by atoms with Crippen molar-refractivity contribution in [2.75, 3.05) is 24.4 Å². The van der Waals surface area contributed by atoms with Gasteiger partial charge >= 0.3 is 0 Å². The van der Waals surface area contributed by atoms with Crippen LogP contribution in [0.25, 0.3) is 0 Å². The number of nitriles is 1. The van der Waals surface area contributed by atoms with Crippen LogP contribution in [0.5, 0.6) is 5.88 Å². The molecule has 2 fully saturated rings. The molecule has 0 bridgehead atoms. The summed E-state index contributed by atoms with van der Waals surface area (Å²) in [6.45, 7) is 2.14. The number of sulfonamides is 1. The Bertz CT molecular complexity index is 850. The molecular formula is C17H24FN5O4S. The fraction of sp³-hybridized carbons (Fsp3) is 0.706. The summed E-state index contributed by atoms with van der Waals surface area (Å²) >= 11 is 0. The zero-order chi connectivity index (χ0) is 20.4. The van der Waals surface area contributed by atoms with Gasteiger partial charge in [-0.25, -0.2) is 17.8 Å². The molecule has 0 spiro atoms. The summed E-state index contributed by atoms with van der Waals surface area (Å²) in [7, 11) is -3.83. The molecule has 0 aromatic carbocycles. The number of nitrogens with one attached hydrogen (secondary N) is 1. The molecule has 2 atom stereocenters. The third-order valence-corrected chi connectivity index (χ3v) is 6.72. The minimum atomic E-state index is -3.83. The van der Waals surface area contributed by atoms with E-state index in [1.165, 1.54) is 6.20 Å². The lowest BCUT2D eigenvalue weighted by Crippen LogP contribution is -2.43. The van der Waals surface area contributed by atoms with Crippen LogP contribution >= 0.6 is 0 Å². The number of aromatic nitrogens is 2. The molecule has 2 N–H and O–H groups in total. The van der Waals surface area contributed by atoms with Crippen molar-refractivity contribution < 1.29 is 22.7 Å². The van der Waals surface area contributed by atoms with Gasteiger partial charge in [-0.2, -0.15) is 14.6 Å². The number of hydrogen-bond acceptors (Lipinski definition) is 8. The Labute approximate surface area is 163 Å². The van der Waals surface area contributed by atoms with Crippen molar-refractivity contribution in [3.8, 4) is 11.9 Å². The molecule has 1 aliphatic carbocycles. The van der Waals surface area contributed by atoms with Crippen LogP contribution in [0.2, 0.25) is 0 Å². The quantitative estimate of drug-likeness (QED) is 0.711. The maximum absolute atomic E-state index is 12.6. The van der Waals surface area contributed by atoms with Gasteiger partial charge in [-0.15, -0.1) is 0 Å². The Morgan fingerprint density at radius 2 is 2.18 bits per heavy atom.